The van der Waals surface area contributed by atoms with Gasteiger partial charge in [0.15, 0.2) is 0 Å². The first-order chi connectivity index (χ1) is 15.2. The zero-order valence-electron chi connectivity index (χ0n) is 17.6. The first-order valence-electron chi connectivity index (χ1n) is 9.90. The van der Waals surface area contributed by atoms with Crippen LogP contribution in [-0.4, -0.2) is 36.8 Å². The molecule has 0 spiro atoms. The number of carbonyl (C=O) groups excluding carboxylic acids is 1. The molecule has 0 saturated heterocycles. The van der Waals surface area contributed by atoms with Gasteiger partial charge in [-0.15, -0.1) is 0 Å². The predicted molar refractivity (Wildman–Crippen MR) is 119 cm³/mol. The maximum atomic E-state index is 12.7. The van der Waals surface area contributed by atoms with E-state index in [9.17, 15) is 4.79 Å². The number of nitrogens with zero attached hydrogens (tertiary/aromatic N) is 2. The van der Waals surface area contributed by atoms with Crippen LogP contribution in [0.3, 0.4) is 0 Å². The maximum Gasteiger partial charge on any atom is 0.340 e. The van der Waals surface area contributed by atoms with Crippen molar-refractivity contribution in [1.82, 2.24) is 9.97 Å². The number of para-hydroxylation sites is 2. The Morgan fingerprint density at radius 1 is 0.871 bits per heavy atom. The zero-order chi connectivity index (χ0) is 21.8. The summed E-state index contributed by atoms with van der Waals surface area (Å²) in [4.78, 5) is 21.8. The van der Waals surface area contributed by atoms with Crippen molar-refractivity contribution in [2.45, 2.75) is 6.92 Å². The van der Waals surface area contributed by atoms with Crippen LogP contribution in [0.4, 0.5) is 0 Å². The molecule has 0 saturated carbocycles. The van der Waals surface area contributed by atoms with Crippen LogP contribution in [0.25, 0.3) is 33.3 Å². The van der Waals surface area contributed by atoms with Gasteiger partial charge >= 0.3 is 5.97 Å². The summed E-state index contributed by atoms with van der Waals surface area (Å²) in [6.07, 6.45) is 3.28. The molecule has 4 rings (SSSR count). The van der Waals surface area contributed by atoms with E-state index in [0.29, 0.717) is 22.4 Å². The fraction of sp³-hybridized carbons (Fsp3) is 0.160. The monoisotopic (exact) mass is 414 g/mol. The van der Waals surface area contributed by atoms with E-state index in [4.69, 9.17) is 14.2 Å². The molecule has 6 nitrogen and oxygen atoms in total. The second-order valence-electron chi connectivity index (χ2n) is 6.76. The van der Waals surface area contributed by atoms with Crippen LogP contribution in [0.15, 0.2) is 67.0 Å². The molecule has 0 aliphatic rings. The highest BCUT2D eigenvalue weighted by Gasteiger charge is 2.20. The number of ether oxygens (including phenoxy) is 3. The summed E-state index contributed by atoms with van der Waals surface area (Å²) < 4.78 is 16.2. The van der Waals surface area contributed by atoms with Gasteiger partial charge in [-0.3, -0.25) is 9.97 Å². The highest BCUT2D eigenvalue weighted by atomic mass is 16.5. The van der Waals surface area contributed by atoms with Crippen LogP contribution in [0.1, 0.15) is 17.3 Å². The lowest BCUT2D eigenvalue weighted by Gasteiger charge is -2.14. The number of pyridine rings is 2. The van der Waals surface area contributed by atoms with Gasteiger partial charge in [-0.2, -0.15) is 0 Å². The van der Waals surface area contributed by atoms with Gasteiger partial charge in [0.2, 0.25) is 0 Å². The van der Waals surface area contributed by atoms with Crippen LogP contribution >= 0.6 is 0 Å². The van der Waals surface area contributed by atoms with E-state index in [1.54, 1.807) is 27.3 Å². The summed E-state index contributed by atoms with van der Waals surface area (Å²) in [5, 5.41) is 0.789. The van der Waals surface area contributed by atoms with Crippen LogP contribution in [0.5, 0.6) is 11.5 Å². The van der Waals surface area contributed by atoms with E-state index in [1.165, 1.54) is 6.20 Å². The highest BCUT2D eigenvalue weighted by molar-refractivity contribution is 6.07. The number of benzene rings is 2. The number of aromatic nitrogens is 2. The Kier molecular flexibility index (Phi) is 5.80. The van der Waals surface area contributed by atoms with Crippen LogP contribution in [0, 0.1) is 0 Å². The van der Waals surface area contributed by atoms with Crippen molar-refractivity contribution in [3.63, 3.8) is 0 Å². The Labute approximate surface area is 180 Å². The molecule has 0 atom stereocenters. The minimum Gasteiger partial charge on any atom is -0.496 e. The third-order valence-corrected chi connectivity index (χ3v) is 5.01. The third-order valence-electron chi connectivity index (χ3n) is 5.01. The lowest BCUT2D eigenvalue weighted by atomic mass is 9.96. The molecule has 0 aliphatic heterocycles. The quantitative estimate of drug-likeness (QED) is 0.406. The molecular formula is C25H22N2O4. The Morgan fingerprint density at radius 3 is 2.35 bits per heavy atom. The molecule has 0 bridgehead atoms. The number of esters is 1. The first kappa shape index (κ1) is 20.3. The Balaban J connectivity index is 1.89. The summed E-state index contributed by atoms with van der Waals surface area (Å²) >= 11 is 0. The molecule has 0 unspecified atom stereocenters. The predicted octanol–water partition coefficient (Wildman–Crippen LogP) is 5.16. The standard InChI is InChI=1S/C25H22N2O4/c1-4-31-25(28)19-15-27-24-18(9-7-11-22(24)30-3)23(19)16-12-13-20(26-14-16)17-8-5-6-10-21(17)29-2/h5-15H,4H2,1-3H3. The molecule has 6 heteroatoms. The SMILES string of the molecule is CCOC(=O)c1cnc2c(OC)cccc2c1-c1ccc(-c2ccccc2OC)nc1. The number of rotatable bonds is 6. The van der Waals surface area contributed by atoms with Crippen molar-refractivity contribution < 1.29 is 19.0 Å². The number of methoxy groups -OCH3 is 2. The van der Waals surface area contributed by atoms with Gasteiger partial charge in [0, 0.05) is 34.5 Å². The van der Waals surface area contributed by atoms with Crippen LogP contribution in [-0.2, 0) is 4.74 Å². The van der Waals surface area contributed by atoms with E-state index >= 15 is 0 Å². The van der Waals surface area contributed by atoms with Gasteiger partial charge in [-0.25, -0.2) is 4.79 Å². The molecule has 4 aromatic rings. The third kappa shape index (κ3) is 3.80. The summed E-state index contributed by atoms with van der Waals surface area (Å²) in [6.45, 7) is 2.05. The summed E-state index contributed by atoms with van der Waals surface area (Å²) in [5.74, 6) is 0.949. The summed E-state index contributed by atoms with van der Waals surface area (Å²) in [5.41, 5.74) is 4.21. The average molecular weight is 414 g/mol. The van der Waals surface area contributed by atoms with Crippen LogP contribution in [0.2, 0.25) is 0 Å². The average Bonchev–Trinajstić information content (AvgIpc) is 2.83. The van der Waals surface area contributed by atoms with Crippen molar-refractivity contribution >= 4 is 16.9 Å². The molecule has 0 N–H and O–H groups in total. The Hall–Kier alpha value is -3.93. The van der Waals surface area contributed by atoms with Crippen molar-refractivity contribution in [3.05, 3.63) is 72.6 Å². The molecule has 2 aromatic carbocycles. The van der Waals surface area contributed by atoms with E-state index in [2.05, 4.69) is 9.97 Å². The van der Waals surface area contributed by atoms with Gasteiger partial charge in [0.1, 0.15) is 17.0 Å². The maximum absolute atomic E-state index is 12.7. The van der Waals surface area contributed by atoms with E-state index in [-0.39, 0.29) is 6.61 Å². The molecule has 0 amide bonds. The lowest BCUT2D eigenvalue weighted by molar-refractivity contribution is 0.0527. The molecular weight excluding hydrogens is 392 g/mol. The van der Waals surface area contributed by atoms with Crippen molar-refractivity contribution in [3.8, 4) is 33.9 Å². The molecule has 156 valence electrons. The van der Waals surface area contributed by atoms with Crippen LogP contribution < -0.4 is 9.47 Å². The first-order valence-corrected chi connectivity index (χ1v) is 9.90. The second-order valence-corrected chi connectivity index (χ2v) is 6.76. The van der Waals surface area contributed by atoms with E-state index < -0.39 is 5.97 Å². The molecule has 0 radical (unpaired) electrons. The Morgan fingerprint density at radius 2 is 1.65 bits per heavy atom. The highest BCUT2D eigenvalue weighted by Crippen LogP contribution is 2.36. The number of hydrogen-bond acceptors (Lipinski definition) is 6. The topological polar surface area (TPSA) is 70.5 Å². The normalized spacial score (nSPS) is 10.7. The molecule has 0 aliphatic carbocycles. The summed E-state index contributed by atoms with van der Waals surface area (Å²) in [7, 11) is 3.23. The van der Waals surface area contributed by atoms with Gasteiger partial charge in [0.25, 0.3) is 0 Å². The lowest BCUT2D eigenvalue weighted by Crippen LogP contribution is -2.08. The molecule has 2 aromatic heterocycles. The van der Waals surface area contributed by atoms with Crippen molar-refractivity contribution in [2.75, 3.05) is 20.8 Å². The number of fused-ring (bicyclic) bond motifs is 1. The summed E-state index contributed by atoms with van der Waals surface area (Å²) in [6, 6.07) is 17.2. The van der Waals surface area contributed by atoms with Gasteiger partial charge in [0.05, 0.1) is 32.1 Å². The fourth-order valence-electron chi connectivity index (χ4n) is 3.59. The minimum atomic E-state index is -0.427. The van der Waals surface area contributed by atoms with Crippen molar-refractivity contribution in [2.24, 2.45) is 0 Å². The Bertz CT molecular complexity index is 1240. The molecule has 0 fully saturated rings. The van der Waals surface area contributed by atoms with Gasteiger partial charge in [-0.1, -0.05) is 30.3 Å². The van der Waals surface area contributed by atoms with Gasteiger partial charge < -0.3 is 14.2 Å². The number of carbonyl (C=O) groups is 1. The fourth-order valence-corrected chi connectivity index (χ4v) is 3.59. The second kappa shape index (κ2) is 8.83. The van der Waals surface area contributed by atoms with E-state index in [1.807, 2.05) is 54.6 Å². The van der Waals surface area contributed by atoms with Crippen molar-refractivity contribution in [1.29, 1.82) is 0 Å². The molecule has 31 heavy (non-hydrogen) atoms. The molecule has 2 heterocycles. The minimum absolute atomic E-state index is 0.277. The largest absolute Gasteiger partial charge is 0.496 e. The van der Waals surface area contributed by atoms with E-state index in [0.717, 1.165) is 28.0 Å². The zero-order valence-corrected chi connectivity index (χ0v) is 17.6. The smallest absolute Gasteiger partial charge is 0.340 e. The number of hydrogen-bond donors (Lipinski definition) is 0. The van der Waals surface area contributed by atoms with Gasteiger partial charge in [-0.05, 0) is 31.2 Å².